The Balaban J connectivity index is 1.87. The van der Waals surface area contributed by atoms with Gasteiger partial charge < -0.3 is 14.6 Å². The van der Waals surface area contributed by atoms with E-state index in [1.165, 1.54) is 11.3 Å². The topological polar surface area (TPSA) is 62.5 Å². The largest absolute Gasteiger partial charge is 0.481 e. The molecule has 0 radical (unpaired) electrons. The molecule has 3 rings (SSSR count). The molecule has 3 heterocycles. The zero-order chi connectivity index (χ0) is 15.0. The van der Waals surface area contributed by atoms with Crippen LogP contribution < -0.4 is 0 Å². The Morgan fingerprint density at radius 1 is 1.33 bits per heavy atom. The van der Waals surface area contributed by atoms with Crippen molar-refractivity contribution in [3.05, 3.63) is 40.8 Å². The quantitative estimate of drug-likeness (QED) is 0.947. The Kier molecular flexibility index (Phi) is 3.55. The third-order valence-electron chi connectivity index (χ3n) is 4.05. The van der Waals surface area contributed by atoms with Crippen LogP contribution in [0.5, 0.6) is 0 Å². The maximum absolute atomic E-state index is 12.7. The zero-order valence-corrected chi connectivity index (χ0v) is 12.4. The van der Waals surface area contributed by atoms with E-state index in [2.05, 4.69) is 0 Å². The van der Waals surface area contributed by atoms with Crippen LogP contribution in [-0.2, 0) is 4.79 Å². The average Bonchev–Trinajstić information content (AvgIpc) is 3.17. The maximum atomic E-state index is 12.7. The van der Waals surface area contributed by atoms with E-state index >= 15 is 0 Å². The molecule has 1 amide bonds. The van der Waals surface area contributed by atoms with Crippen molar-refractivity contribution in [2.24, 2.45) is 5.92 Å². The predicted molar refractivity (Wildman–Crippen MR) is 79.9 cm³/mol. The van der Waals surface area contributed by atoms with Crippen LogP contribution in [0.4, 0.5) is 0 Å². The van der Waals surface area contributed by atoms with Crippen molar-refractivity contribution in [3.8, 4) is 5.69 Å². The molecular weight excluding hydrogens is 288 g/mol. The molecule has 1 aliphatic heterocycles. The number of carboxylic acid groups (broad SMARTS) is 1. The molecule has 2 unspecified atom stereocenters. The van der Waals surface area contributed by atoms with E-state index in [1.54, 1.807) is 4.90 Å². The van der Waals surface area contributed by atoms with Gasteiger partial charge in [-0.1, -0.05) is 0 Å². The highest BCUT2D eigenvalue weighted by Gasteiger charge is 2.39. The van der Waals surface area contributed by atoms with E-state index in [9.17, 15) is 14.7 Å². The summed E-state index contributed by atoms with van der Waals surface area (Å²) in [7, 11) is 0. The fourth-order valence-electron chi connectivity index (χ4n) is 2.85. The van der Waals surface area contributed by atoms with Crippen LogP contribution >= 0.6 is 11.3 Å². The van der Waals surface area contributed by atoms with E-state index < -0.39 is 11.9 Å². The maximum Gasteiger partial charge on any atom is 0.308 e. The fourth-order valence-corrected chi connectivity index (χ4v) is 3.69. The Hall–Kier alpha value is -2.08. The van der Waals surface area contributed by atoms with Crippen molar-refractivity contribution in [1.29, 1.82) is 0 Å². The van der Waals surface area contributed by atoms with Crippen LogP contribution in [0.15, 0.2) is 36.0 Å². The average molecular weight is 304 g/mol. The van der Waals surface area contributed by atoms with Gasteiger partial charge in [0.25, 0.3) is 5.91 Å². The summed E-state index contributed by atoms with van der Waals surface area (Å²) in [5.74, 6) is -1.37. The van der Waals surface area contributed by atoms with Crippen molar-refractivity contribution >= 4 is 23.2 Å². The van der Waals surface area contributed by atoms with Gasteiger partial charge in [0.05, 0.1) is 11.6 Å². The molecule has 1 fully saturated rings. The van der Waals surface area contributed by atoms with Crippen LogP contribution in [0.2, 0.25) is 0 Å². The molecule has 0 bridgehead atoms. The highest BCUT2D eigenvalue weighted by molar-refractivity contribution is 7.12. The first-order chi connectivity index (χ1) is 10.1. The first-order valence-electron chi connectivity index (χ1n) is 6.84. The van der Waals surface area contributed by atoms with Crippen LogP contribution in [0, 0.1) is 5.92 Å². The lowest BCUT2D eigenvalue weighted by Gasteiger charge is -2.23. The van der Waals surface area contributed by atoms with Crippen molar-refractivity contribution in [2.75, 3.05) is 6.54 Å². The van der Waals surface area contributed by atoms with Crippen molar-refractivity contribution in [1.82, 2.24) is 9.47 Å². The zero-order valence-electron chi connectivity index (χ0n) is 11.6. The smallest absolute Gasteiger partial charge is 0.308 e. The van der Waals surface area contributed by atoms with Crippen LogP contribution in [0.1, 0.15) is 23.0 Å². The van der Waals surface area contributed by atoms with Gasteiger partial charge in [0.15, 0.2) is 0 Å². The van der Waals surface area contributed by atoms with E-state index in [-0.39, 0.29) is 11.9 Å². The summed E-state index contributed by atoms with van der Waals surface area (Å²) in [6.07, 6.45) is 4.31. The number of rotatable bonds is 3. The molecule has 110 valence electrons. The second kappa shape index (κ2) is 5.37. The molecule has 0 aromatic carbocycles. The van der Waals surface area contributed by atoms with E-state index in [0.717, 1.165) is 5.69 Å². The number of amides is 1. The van der Waals surface area contributed by atoms with Gasteiger partial charge in [0, 0.05) is 25.0 Å². The van der Waals surface area contributed by atoms with Gasteiger partial charge in [-0.15, -0.1) is 11.3 Å². The summed E-state index contributed by atoms with van der Waals surface area (Å²) in [5.41, 5.74) is 0.848. The van der Waals surface area contributed by atoms with E-state index in [1.807, 2.05) is 47.5 Å². The van der Waals surface area contributed by atoms with Gasteiger partial charge in [0.2, 0.25) is 0 Å². The molecule has 0 spiro atoms. The minimum atomic E-state index is -0.824. The van der Waals surface area contributed by atoms with Gasteiger partial charge in [-0.2, -0.15) is 0 Å². The lowest BCUT2D eigenvalue weighted by atomic mass is 10.0. The summed E-state index contributed by atoms with van der Waals surface area (Å²) >= 11 is 1.39. The van der Waals surface area contributed by atoms with Gasteiger partial charge in [-0.05, 0) is 36.9 Å². The number of hydrogen-bond acceptors (Lipinski definition) is 3. The number of hydrogen-bond donors (Lipinski definition) is 1. The molecule has 0 aliphatic carbocycles. The Morgan fingerprint density at radius 2 is 2.05 bits per heavy atom. The second-order valence-corrected chi connectivity index (χ2v) is 6.11. The van der Waals surface area contributed by atoms with Gasteiger partial charge >= 0.3 is 5.97 Å². The molecule has 5 nitrogen and oxygen atoms in total. The highest BCUT2D eigenvalue weighted by Crippen LogP contribution is 2.29. The number of carbonyl (C=O) groups excluding carboxylic acids is 1. The Labute approximate surface area is 126 Å². The molecular formula is C15H16N2O3S. The summed E-state index contributed by atoms with van der Waals surface area (Å²) < 4.78 is 1.90. The second-order valence-electron chi connectivity index (χ2n) is 5.20. The number of carbonyl (C=O) groups is 2. The van der Waals surface area contributed by atoms with Gasteiger partial charge in [-0.25, -0.2) is 0 Å². The minimum absolute atomic E-state index is 0.0787. The molecule has 21 heavy (non-hydrogen) atoms. The van der Waals surface area contributed by atoms with Crippen molar-refractivity contribution in [2.45, 2.75) is 19.4 Å². The number of thiophene rings is 1. The Bertz CT molecular complexity index is 662. The standard InChI is InChI=1S/C15H16N2O3S/c1-10-11(15(19)20)4-8-17(10)14(18)13-12(5-9-21-13)16-6-2-3-7-16/h2-3,5-7,9-11H,4,8H2,1H3,(H,19,20). The first kappa shape index (κ1) is 13.9. The number of nitrogens with zero attached hydrogens (tertiary/aromatic N) is 2. The lowest BCUT2D eigenvalue weighted by Crippen LogP contribution is -2.37. The summed E-state index contributed by atoms with van der Waals surface area (Å²) in [4.78, 5) is 26.2. The molecule has 2 aromatic rings. The monoisotopic (exact) mass is 304 g/mol. The van der Waals surface area contributed by atoms with Crippen molar-refractivity contribution in [3.63, 3.8) is 0 Å². The number of aliphatic carboxylic acids is 1. The van der Waals surface area contributed by atoms with Gasteiger partial charge in [-0.3, -0.25) is 9.59 Å². The van der Waals surface area contributed by atoms with Gasteiger partial charge in [0.1, 0.15) is 4.88 Å². The summed E-state index contributed by atoms with van der Waals surface area (Å²) in [6.45, 7) is 2.31. The van der Waals surface area contributed by atoms with E-state index in [4.69, 9.17) is 0 Å². The molecule has 0 saturated carbocycles. The van der Waals surface area contributed by atoms with Crippen molar-refractivity contribution < 1.29 is 14.7 Å². The first-order valence-corrected chi connectivity index (χ1v) is 7.72. The third kappa shape index (κ3) is 2.35. The molecule has 1 N–H and O–H groups in total. The molecule has 2 aromatic heterocycles. The minimum Gasteiger partial charge on any atom is -0.481 e. The summed E-state index contributed by atoms with van der Waals surface area (Å²) in [5, 5.41) is 11.1. The van der Waals surface area contributed by atoms with Crippen LogP contribution in [0.25, 0.3) is 5.69 Å². The molecule has 1 aliphatic rings. The number of carboxylic acids is 1. The predicted octanol–water partition coefficient (Wildman–Crippen LogP) is 2.47. The normalized spacial score (nSPS) is 21.7. The fraction of sp³-hybridized carbons (Fsp3) is 0.333. The molecule has 2 atom stereocenters. The summed E-state index contributed by atoms with van der Waals surface area (Å²) in [6, 6.07) is 5.46. The molecule has 1 saturated heterocycles. The SMILES string of the molecule is CC1C(C(=O)O)CCN1C(=O)c1sccc1-n1cccc1. The molecule has 6 heteroatoms. The lowest BCUT2D eigenvalue weighted by molar-refractivity contribution is -0.142. The third-order valence-corrected chi connectivity index (χ3v) is 4.95. The Morgan fingerprint density at radius 3 is 2.67 bits per heavy atom. The van der Waals surface area contributed by atoms with Crippen LogP contribution in [0.3, 0.4) is 0 Å². The number of aromatic nitrogens is 1. The van der Waals surface area contributed by atoms with E-state index in [0.29, 0.717) is 17.8 Å². The van der Waals surface area contributed by atoms with Crippen LogP contribution in [-0.4, -0.2) is 39.0 Å². The highest BCUT2D eigenvalue weighted by atomic mass is 32.1. The number of likely N-dealkylation sites (tertiary alicyclic amines) is 1.